The molecule has 0 aliphatic heterocycles. The van der Waals surface area contributed by atoms with Crippen molar-refractivity contribution in [2.24, 2.45) is 5.92 Å². The molecule has 2 aromatic heterocycles. The number of pyridine rings is 1. The second kappa shape index (κ2) is 9.99. The van der Waals surface area contributed by atoms with E-state index in [1.807, 2.05) is 6.20 Å². The molecule has 3 nitrogen and oxygen atoms in total. The molecule has 2 aromatic carbocycles. The molecule has 1 fully saturated rings. The largest absolute Gasteiger partial charge is 0.388 e. The molecule has 0 saturated heterocycles. The molecular weight excluding hydrogens is 428 g/mol. The van der Waals surface area contributed by atoms with Gasteiger partial charge in [0.1, 0.15) is 0 Å². The predicted molar refractivity (Wildman–Crippen MR) is 146 cm³/mol. The van der Waals surface area contributed by atoms with E-state index in [0.29, 0.717) is 11.8 Å². The van der Waals surface area contributed by atoms with E-state index in [1.165, 1.54) is 35.1 Å². The van der Waals surface area contributed by atoms with Gasteiger partial charge in [0.2, 0.25) is 0 Å². The molecule has 182 valence electrons. The Morgan fingerprint density at radius 1 is 0.971 bits per heavy atom. The highest BCUT2D eigenvalue weighted by atomic mass is 16.3. The zero-order chi connectivity index (χ0) is 24.5. The summed E-state index contributed by atoms with van der Waals surface area (Å²) >= 11 is 0. The standard InChI is InChI=1S/C32H38N2O/c1-5-22-12-9-13-23(6-2)31(22)29-18-27-28(32(35)25-10-7-8-11-25)20-34(30(27)19-33-29)26-16-14-24(15-17-26)21(3)4/h9,12-21,25,32,35H,5-8,10-11H2,1-4H3. The van der Waals surface area contributed by atoms with Gasteiger partial charge in [-0.3, -0.25) is 4.98 Å². The number of aliphatic hydroxyl groups is 1. The Hall–Kier alpha value is -2.91. The number of aryl methyl sites for hydroxylation is 2. The molecule has 3 heteroatoms. The van der Waals surface area contributed by atoms with Crippen molar-refractivity contribution in [3.63, 3.8) is 0 Å². The first-order chi connectivity index (χ1) is 17.0. The predicted octanol–water partition coefficient (Wildman–Crippen LogP) is 8.16. The van der Waals surface area contributed by atoms with Gasteiger partial charge in [0, 0.05) is 28.4 Å². The van der Waals surface area contributed by atoms with Crippen LogP contribution in [-0.4, -0.2) is 14.7 Å². The van der Waals surface area contributed by atoms with Crippen molar-refractivity contribution >= 4 is 10.9 Å². The van der Waals surface area contributed by atoms with Gasteiger partial charge in [-0.25, -0.2) is 0 Å². The second-order valence-electron chi connectivity index (χ2n) is 10.4. The lowest BCUT2D eigenvalue weighted by atomic mass is 9.92. The molecule has 5 rings (SSSR count). The fourth-order valence-corrected chi connectivity index (χ4v) is 5.85. The van der Waals surface area contributed by atoms with Crippen molar-refractivity contribution in [1.29, 1.82) is 0 Å². The molecule has 4 aromatic rings. The normalized spacial score (nSPS) is 15.4. The SMILES string of the molecule is CCc1cccc(CC)c1-c1cc2c(C(O)C3CCCC3)cn(-c3ccc(C(C)C)cc3)c2cn1. The van der Waals surface area contributed by atoms with E-state index in [9.17, 15) is 5.11 Å². The summed E-state index contributed by atoms with van der Waals surface area (Å²) in [5, 5.41) is 12.6. The van der Waals surface area contributed by atoms with Crippen LogP contribution in [0.4, 0.5) is 0 Å². The summed E-state index contributed by atoms with van der Waals surface area (Å²) in [6.07, 6.45) is 10.3. The maximum absolute atomic E-state index is 11.5. The van der Waals surface area contributed by atoms with Gasteiger partial charge in [-0.1, -0.05) is 70.9 Å². The van der Waals surface area contributed by atoms with Crippen molar-refractivity contribution in [2.75, 3.05) is 0 Å². The van der Waals surface area contributed by atoms with Crippen LogP contribution < -0.4 is 0 Å². The molecule has 35 heavy (non-hydrogen) atoms. The Kier molecular flexibility index (Phi) is 6.80. The number of hydrogen-bond acceptors (Lipinski definition) is 2. The summed E-state index contributed by atoms with van der Waals surface area (Å²) in [6, 6.07) is 17.6. The Morgan fingerprint density at radius 2 is 1.63 bits per heavy atom. The lowest BCUT2D eigenvalue weighted by molar-refractivity contribution is 0.113. The van der Waals surface area contributed by atoms with Crippen LogP contribution in [0.3, 0.4) is 0 Å². The molecule has 1 aliphatic rings. The fraction of sp³-hybridized carbons (Fsp3) is 0.406. The van der Waals surface area contributed by atoms with E-state index in [1.54, 1.807) is 0 Å². The van der Waals surface area contributed by atoms with Gasteiger partial charge in [0.05, 0.1) is 23.5 Å². The molecule has 0 spiro atoms. The second-order valence-corrected chi connectivity index (χ2v) is 10.4. The summed E-state index contributed by atoms with van der Waals surface area (Å²) in [4.78, 5) is 4.99. The Morgan fingerprint density at radius 3 is 2.23 bits per heavy atom. The summed E-state index contributed by atoms with van der Waals surface area (Å²) < 4.78 is 2.22. The summed E-state index contributed by atoms with van der Waals surface area (Å²) in [7, 11) is 0. The van der Waals surface area contributed by atoms with Crippen molar-refractivity contribution in [1.82, 2.24) is 9.55 Å². The van der Waals surface area contributed by atoms with Crippen LogP contribution in [0.25, 0.3) is 27.8 Å². The number of benzene rings is 2. The molecule has 0 radical (unpaired) electrons. The minimum atomic E-state index is -0.446. The average molecular weight is 467 g/mol. The number of nitrogens with zero attached hydrogens (tertiary/aromatic N) is 2. The van der Waals surface area contributed by atoms with Gasteiger partial charge < -0.3 is 9.67 Å². The molecular formula is C32H38N2O. The van der Waals surface area contributed by atoms with Gasteiger partial charge in [-0.2, -0.15) is 0 Å². The van der Waals surface area contributed by atoms with Crippen LogP contribution in [0.5, 0.6) is 0 Å². The molecule has 0 amide bonds. The first-order valence-corrected chi connectivity index (χ1v) is 13.4. The minimum Gasteiger partial charge on any atom is -0.388 e. The van der Waals surface area contributed by atoms with Gasteiger partial charge in [-0.05, 0) is 72.4 Å². The maximum atomic E-state index is 11.5. The highest BCUT2D eigenvalue weighted by Gasteiger charge is 2.28. The van der Waals surface area contributed by atoms with E-state index in [0.717, 1.165) is 53.5 Å². The Bertz CT molecular complexity index is 1290. The smallest absolute Gasteiger partial charge is 0.0839 e. The van der Waals surface area contributed by atoms with E-state index in [2.05, 4.69) is 87.0 Å². The zero-order valence-corrected chi connectivity index (χ0v) is 21.6. The van der Waals surface area contributed by atoms with Crippen molar-refractivity contribution in [3.8, 4) is 16.9 Å². The van der Waals surface area contributed by atoms with Gasteiger partial charge in [0.25, 0.3) is 0 Å². The van der Waals surface area contributed by atoms with E-state index < -0.39 is 6.10 Å². The van der Waals surface area contributed by atoms with Crippen LogP contribution in [0.15, 0.2) is 60.9 Å². The average Bonchev–Trinajstić information content (AvgIpc) is 3.56. The summed E-state index contributed by atoms with van der Waals surface area (Å²) in [5.74, 6) is 0.837. The van der Waals surface area contributed by atoms with Crippen LogP contribution in [0.2, 0.25) is 0 Å². The fourth-order valence-electron chi connectivity index (χ4n) is 5.85. The van der Waals surface area contributed by atoms with Gasteiger partial charge >= 0.3 is 0 Å². The number of aromatic nitrogens is 2. The van der Waals surface area contributed by atoms with Crippen LogP contribution in [-0.2, 0) is 12.8 Å². The van der Waals surface area contributed by atoms with Crippen LogP contribution in [0.1, 0.15) is 87.7 Å². The third-order valence-corrected chi connectivity index (χ3v) is 7.98. The third kappa shape index (κ3) is 4.43. The van der Waals surface area contributed by atoms with E-state index in [-0.39, 0.29) is 0 Å². The first kappa shape index (κ1) is 23.8. The lowest BCUT2D eigenvalue weighted by Crippen LogP contribution is -2.08. The van der Waals surface area contributed by atoms with E-state index >= 15 is 0 Å². The quantitative estimate of drug-likeness (QED) is 0.298. The highest BCUT2D eigenvalue weighted by molar-refractivity contribution is 5.89. The molecule has 1 atom stereocenters. The molecule has 0 bridgehead atoms. The molecule has 1 N–H and O–H groups in total. The summed E-state index contributed by atoms with van der Waals surface area (Å²) in [6.45, 7) is 8.87. The topological polar surface area (TPSA) is 38.0 Å². The number of aliphatic hydroxyl groups excluding tert-OH is 1. The minimum absolute atomic E-state index is 0.336. The third-order valence-electron chi connectivity index (χ3n) is 7.98. The highest BCUT2D eigenvalue weighted by Crippen LogP contribution is 2.41. The van der Waals surface area contributed by atoms with Crippen molar-refractivity contribution < 1.29 is 5.11 Å². The van der Waals surface area contributed by atoms with Crippen molar-refractivity contribution in [3.05, 3.63) is 83.2 Å². The van der Waals surface area contributed by atoms with Crippen LogP contribution >= 0.6 is 0 Å². The lowest BCUT2D eigenvalue weighted by Gasteiger charge is -2.17. The number of hydrogen-bond donors (Lipinski definition) is 1. The molecule has 2 heterocycles. The number of fused-ring (bicyclic) bond motifs is 1. The van der Waals surface area contributed by atoms with Crippen molar-refractivity contribution in [2.45, 2.75) is 78.2 Å². The maximum Gasteiger partial charge on any atom is 0.0839 e. The Balaban J connectivity index is 1.69. The van der Waals surface area contributed by atoms with Gasteiger partial charge in [0.15, 0.2) is 0 Å². The Labute approximate surface area is 209 Å². The van der Waals surface area contributed by atoms with E-state index in [4.69, 9.17) is 4.98 Å². The molecule has 1 saturated carbocycles. The molecule has 1 aliphatic carbocycles. The monoisotopic (exact) mass is 466 g/mol. The molecule has 1 unspecified atom stereocenters. The first-order valence-electron chi connectivity index (χ1n) is 13.4. The van der Waals surface area contributed by atoms with Gasteiger partial charge in [-0.15, -0.1) is 0 Å². The number of rotatable bonds is 7. The summed E-state index contributed by atoms with van der Waals surface area (Å²) in [5.41, 5.74) is 9.48. The zero-order valence-electron chi connectivity index (χ0n) is 21.6. The van der Waals surface area contributed by atoms with Crippen LogP contribution in [0, 0.1) is 5.92 Å².